The number of nitro benzene ring substituents is 1. The molecule has 4 rings (SSSR count). The minimum atomic E-state index is -0.485. The summed E-state index contributed by atoms with van der Waals surface area (Å²) < 4.78 is 1.11. The van der Waals surface area contributed by atoms with Crippen LogP contribution in [0.5, 0.6) is 0 Å². The van der Waals surface area contributed by atoms with Crippen molar-refractivity contribution in [3.63, 3.8) is 0 Å². The van der Waals surface area contributed by atoms with E-state index >= 15 is 0 Å². The molecule has 0 fully saturated rings. The van der Waals surface area contributed by atoms with Gasteiger partial charge in [0.2, 0.25) is 5.91 Å². The Hall–Kier alpha value is -3.95. The molecular formula is C24H18N4O3S2. The molecule has 7 nitrogen and oxygen atoms in total. The van der Waals surface area contributed by atoms with Crippen LogP contribution in [0.1, 0.15) is 11.1 Å². The topological polar surface area (TPSA) is 97.2 Å². The van der Waals surface area contributed by atoms with E-state index in [1.54, 1.807) is 23.5 Å². The van der Waals surface area contributed by atoms with Crippen molar-refractivity contribution < 1.29 is 9.72 Å². The number of carbonyl (C=O) groups excluding carboxylic acids is 1. The Morgan fingerprint density at radius 2 is 1.94 bits per heavy atom. The maximum atomic E-state index is 12.2. The van der Waals surface area contributed by atoms with Crippen LogP contribution in [0, 0.1) is 17.0 Å². The second-order valence-corrected chi connectivity index (χ2v) is 8.58. The average Bonchev–Trinajstić information content (AvgIpc) is 3.23. The first-order valence-electron chi connectivity index (χ1n) is 9.90. The zero-order valence-electron chi connectivity index (χ0n) is 17.4. The molecule has 33 heavy (non-hydrogen) atoms. The van der Waals surface area contributed by atoms with Crippen molar-refractivity contribution in [3.05, 3.63) is 94.0 Å². The van der Waals surface area contributed by atoms with Gasteiger partial charge < -0.3 is 5.32 Å². The van der Waals surface area contributed by atoms with Crippen molar-refractivity contribution in [2.24, 2.45) is 0 Å². The highest BCUT2D eigenvalue weighted by molar-refractivity contribution is 7.80. The number of anilines is 1. The first-order valence-corrected chi connectivity index (χ1v) is 11.1. The first-order chi connectivity index (χ1) is 15.9. The van der Waals surface area contributed by atoms with Crippen LogP contribution in [-0.4, -0.2) is 20.9 Å². The zero-order valence-corrected chi connectivity index (χ0v) is 19.1. The Bertz CT molecular complexity index is 1380. The molecule has 164 valence electrons. The van der Waals surface area contributed by atoms with E-state index < -0.39 is 10.8 Å². The number of para-hydroxylation sites is 1. The number of hydrogen-bond acceptors (Lipinski definition) is 6. The number of thiazole rings is 1. The van der Waals surface area contributed by atoms with E-state index in [2.05, 4.69) is 15.6 Å². The molecule has 0 spiro atoms. The zero-order chi connectivity index (χ0) is 23.4. The molecule has 0 atom stereocenters. The van der Waals surface area contributed by atoms with Gasteiger partial charge in [0.05, 0.1) is 15.1 Å². The van der Waals surface area contributed by atoms with Gasteiger partial charge in [-0.2, -0.15) is 0 Å². The summed E-state index contributed by atoms with van der Waals surface area (Å²) in [6.07, 6.45) is 2.77. The summed E-state index contributed by atoms with van der Waals surface area (Å²) in [6.45, 7) is 1.94. The molecule has 0 aliphatic rings. The minimum absolute atomic E-state index is 0.0433. The lowest BCUT2D eigenvalue weighted by atomic mass is 10.1. The molecule has 0 unspecified atom stereocenters. The van der Waals surface area contributed by atoms with Gasteiger partial charge in [0.15, 0.2) is 5.11 Å². The highest BCUT2D eigenvalue weighted by atomic mass is 32.1. The van der Waals surface area contributed by atoms with E-state index in [4.69, 9.17) is 12.2 Å². The smallest absolute Gasteiger partial charge is 0.270 e. The monoisotopic (exact) mass is 474 g/mol. The van der Waals surface area contributed by atoms with Gasteiger partial charge in [-0.15, -0.1) is 11.3 Å². The third-order valence-electron chi connectivity index (χ3n) is 4.77. The maximum Gasteiger partial charge on any atom is 0.270 e. The lowest BCUT2D eigenvalue weighted by Gasteiger charge is -2.12. The Balaban J connectivity index is 1.43. The summed E-state index contributed by atoms with van der Waals surface area (Å²) in [6, 6.07) is 19.9. The van der Waals surface area contributed by atoms with Gasteiger partial charge in [-0.25, -0.2) is 4.98 Å². The van der Waals surface area contributed by atoms with Gasteiger partial charge in [-0.05, 0) is 54.5 Å². The number of nitrogens with one attached hydrogen (secondary N) is 2. The first kappa shape index (κ1) is 22.3. The third kappa shape index (κ3) is 5.46. The van der Waals surface area contributed by atoms with Crippen molar-refractivity contribution in [2.45, 2.75) is 6.92 Å². The number of fused-ring (bicyclic) bond motifs is 1. The van der Waals surface area contributed by atoms with Crippen LogP contribution in [-0.2, 0) is 4.79 Å². The van der Waals surface area contributed by atoms with Crippen molar-refractivity contribution in [3.8, 4) is 10.6 Å². The molecule has 1 aromatic heterocycles. The van der Waals surface area contributed by atoms with E-state index in [1.807, 2.05) is 49.4 Å². The fourth-order valence-corrected chi connectivity index (χ4v) is 4.28. The predicted octanol–water partition coefficient (Wildman–Crippen LogP) is 5.71. The maximum absolute atomic E-state index is 12.2. The summed E-state index contributed by atoms with van der Waals surface area (Å²) in [4.78, 5) is 27.3. The van der Waals surface area contributed by atoms with E-state index in [0.29, 0.717) is 5.56 Å². The highest BCUT2D eigenvalue weighted by Crippen LogP contribution is 2.32. The quantitative estimate of drug-likeness (QED) is 0.167. The van der Waals surface area contributed by atoms with E-state index in [1.165, 1.54) is 24.3 Å². The van der Waals surface area contributed by atoms with Crippen molar-refractivity contribution in [1.29, 1.82) is 0 Å². The van der Waals surface area contributed by atoms with Crippen LogP contribution >= 0.6 is 23.6 Å². The third-order valence-corrected chi connectivity index (χ3v) is 6.06. The van der Waals surface area contributed by atoms with Crippen molar-refractivity contribution in [2.75, 3.05) is 5.32 Å². The molecule has 0 aliphatic carbocycles. The average molecular weight is 475 g/mol. The molecule has 2 N–H and O–H groups in total. The number of nitrogens with zero attached hydrogens (tertiary/aromatic N) is 2. The number of carbonyl (C=O) groups is 1. The van der Waals surface area contributed by atoms with Gasteiger partial charge in [0.25, 0.3) is 5.69 Å². The number of rotatable bonds is 5. The predicted molar refractivity (Wildman–Crippen MR) is 136 cm³/mol. The molecule has 0 bridgehead atoms. The number of hydrogen-bond donors (Lipinski definition) is 2. The second kappa shape index (κ2) is 9.68. The lowest BCUT2D eigenvalue weighted by Crippen LogP contribution is -2.33. The van der Waals surface area contributed by atoms with Gasteiger partial charge in [0.1, 0.15) is 5.01 Å². The number of amides is 1. The molecule has 0 radical (unpaired) electrons. The minimum Gasteiger partial charge on any atom is -0.332 e. The molecule has 0 saturated carbocycles. The molecule has 9 heteroatoms. The lowest BCUT2D eigenvalue weighted by molar-refractivity contribution is -0.384. The molecule has 0 saturated heterocycles. The number of nitro groups is 1. The van der Waals surface area contributed by atoms with Crippen LogP contribution in [0.4, 0.5) is 11.4 Å². The summed E-state index contributed by atoms with van der Waals surface area (Å²) in [5, 5.41) is 17.6. The fraction of sp³-hybridized carbons (Fsp3) is 0.0417. The normalized spacial score (nSPS) is 10.9. The van der Waals surface area contributed by atoms with E-state index in [-0.39, 0.29) is 10.8 Å². The Morgan fingerprint density at radius 1 is 1.12 bits per heavy atom. The van der Waals surface area contributed by atoms with E-state index in [0.717, 1.165) is 32.0 Å². The number of benzene rings is 3. The standard InChI is InChI=1S/C24H18N4O3S2/c1-15-9-11-17(23-25-19-7-2-3-8-21(19)33-23)14-20(15)26-24(32)27-22(29)12-10-16-5-4-6-18(13-16)28(30)31/h2-14H,1H3,(H2,26,27,29,32). The molecule has 3 aromatic carbocycles. The van der Waals surface area contributed by atoms with Gasteiger partial charge >= 0.3 is 0 Å². The fourth-order valence-electron chi connectivity index (χ4n) is 3.11. The SMILES string of the molecule is Cc1ccc(-c2nc3ccccc3s2)cc1NC(=S)NC(=O)C=Cc1cccc([N+](=O)[O-])c1. The Kier molecular flexibility index (Phi) is 6.53. The Morgan fingerprint density at radius 3 is 2.73 bits per heavy atom. The molecular weight excluding hydrogens is 456 g/mol. The highest BCUT2D eigenvalue weighted by Gasteiger charge is 2.10. The molecule has 1 heterocycles. The molecule has 1 amide bonds. The summed E-state index contributed by atoms with van der Waals surface area (Å²) >= 11 is 6.90. The van der Waals surface area contributed by atoms with Gasteiger partial charge in [0, 0.05) is 29.5 Å². The van der Waals surface area contributed by atoms with E-state index in [9.17, 15) is 14.9 Å². The van der Waals surface area contributed by atoms with Crippen LogP contribution in [0.2, 0.25) is 0 Å². The van der Waals surface area contributed by atoms with Gasteiger partial charge in [-0.1, -0.05) is 36.4 Å². The number of thiocarbonyl (C=S) groups is 1. The summed E-state index contributed by atoms with van der Waals surface area (Å²) in [5.41, 5.74) is 4.12. The van der Waals surface area contributed by atoms with Crippen LogP contribution in [0.15, 0.2) is 72.8 Å². The largest absolute Gasteiger partial charge is 0.332 e. The number of aryl methyl sites for hydroxylation is 1. The number of non-ortho nitro benzene ring substituents is 1. The summed E-state index contributed by atoms with van der Waals surface area (Å²) in [7, 11) is 0. The van der Waals surface area contributed by atoms with Crippen LogP contribution < -0.4 is 10.6 Å². The van der Waals surface area contributed by atoms with Gasteiger partial charge in [-0.3, -0.25) is 20.2 Å². The van der Waals surface area contributed by atoms with Crippen molar-refractivity contribution in [1.82, 2.24) is 10.3 Å². The number of aromatic nitrogens is 1. The van der Waals surface area contributed by atoms with Crippen LogP contribution in [0.25, 0.3) is 26.9 Å². The van der Waals surface area contributed by atoms with Crippen molar-refractivity contribution >= 4 is 62.2 Å². The van der Waals surface area contributed by atoms with Crippen LogP contribution in [0.3, 0.4) is 0 Å². The summed E-state index contributed by atoms with van der Waals surface area (Å²) in [5.74, 6) is -0.445. The Labute approximate surface area is 198 Å². The molecule has 4 aromatic rings. The second-order valence-electron chi connectivity index (χ2n) is 7.15. The molecule has 0 aliphatic heterocycles.